The Kier molecular flexibility index (Phi) is 4.00. The highest BCUT2D eigenvalue weighted by Gasteiger charge is 2.13. The average Bonchev–Trinajstić information content (AvgIpc) is 2.47. The molecule has 0 aromatic carbocycles. The van der Waals surface area contributed by atoms with Gasteiger partial charge in [0.15, 0.2) is 5.82 Å². The molecule has 2 aromatic heterocycles. The Bertz CT molecular complexity index is 611. The van der Waals surface area contributed by atoms with Crippen LogP contribution in [0, 0.1) is 0 Å². The lowest BCUT2D eigenvalue weighted by Gasteiger charge is -2.26. The second-order valence-corrected chi connectivity index (χ2v) is 5.67. The van der Waals surface area contributed by atoms with Crippen molar-refractivity contribution >= 4 is 28.6 Å². The molecule has 7 heteroatoms. The Hall–Kier alpha value is -1.44. The summed E-state index contributed by atoms with van der Waals surface area (Å²) in [5.74, 6) is 1.24. The van der Waals surface area contributed by atoms with Gasteiger partial charge in [0.05, 0.1) is 12.1 Å². The van der Waals surface area contributed by atoms with Crippen LogP contribution in [-0.4, -0.2) is 52.3 Å². The van der Waals surface area contributed by atoms with Crippen LogP contribution >= 0.6 is 11.8 Å². The first kappa shape index (κ1) is 13.5. The number of thioether (sulfide) groups is 1. The Balaban J connectivity index is 1.90. The summed E-state index contributed by atoms with van der Waals surface area (Å²) in [6.07, 6.45) is 3.83. The van der Waals surface area contributed by atoms with E-state index >= 15 is 0 Å². The van der Waals surface area contributed by atoms with E-state index in [0.717, 1.165) is 49.0 Å². The van der Waals surface area contributed by atoms with E-state index in [9.17, 15) is 0 Å². The number of nitrogens with one attached hydrogen (secondary N) is 1. The number of nitrogens with zero attached hydrogens (tertiary/aromatic N) is 4. The number of anilines is 1. The molecule has 0 atom stereocenters. The quantitative estimate of drug-likeness (QED) is 0.807. The first-order valence-electron chi connectivity index (χ1n) is 6.65. The number of nitrogens with two attached hydrogens (primary N) is 1. The molecule has 0 aliphatic carbocycles. The largest absolute Gasteiger partial charge is 0.382 e. The van der Waals surface area contributed by atoms with Crippen LogP contribution in [0.5, 0.6) is 0 Å². The normalized spacial score (nSPS) is 16.6. The van der Waals surface area contributed by atoms with Gasteiger partial charge in [0.1, 0.15) is 11.3 Å². The van der Waals surface area contributed by atoms with Gasteiger partial charge >= 0.3 is 0 Å². The molecular weight excluding hydrogens is 272 g/mol. The molecular formula is C13H18N6S. The number of rotatable bonds is 3. The maximum atomic E-state index is 6.00. The predicted molar refractivity (Wildman–Crippen MR) is 81.7 cm³/mol. The summed E-state index contributed by atoms with van der Waals surface area (Å²) in [4.78, 5) is 16.8. The van der Waals surface area contributed by atoms with Crippen molar-refractivity contribution in [3.05, 3.63) is 18.1 Å². The number of hydrogen-bond acceptors (Lipinski definition) is 7. The van der Waals surface area contributed by atoms with Crippen molar-refractivity contribution in [2.75, 3.05) is 38.2 Å². The summed E-state index contributed by atoms with van der Waals surface area (Å²) in [7, 11) is 0. The molecule has 106 valence electrons. The minimum Gasteiger partial charge on any atom is -0.382 e. The van der Waals surface area contributed by atoms with E-state index in [1.807, 2.05) is 18.5 Å². The maximum Gasteiger partial charge on any atom is 0.153 e. The van der Waals surface area contributed by atoms with Crippen molar-refractivity contribution in [2.45, 2.75) is 11.4 Å². The van der Waals surface area contributed by atoms with Crippen LogP contribution in [-0.2, 0) is 6.54 Å². The molecule has 0 amide bonds. The molecule has 1 aliphatic rings. The lowest BCUT2D eigenvalue weighted by Crippen LogP contribution is -2.43. The van der Waals surface area contributed by atoms with E-state index < -0.39 is 0 Å². The fraction of sp³-hybridized carbons (Fsp3) is 0.462. The van der Waals surface area contributed by atoms with Gasteiger partial charge in [0.25, 0.3) is 0 Å². The van der Waals surface area contributed by atoms with Gasteiger partial charge in [-0.1, -0.05) is 0 Å². The van der Waals surface area contributed by atoms with Gasteiger partial charge in [-0.25, -0.2) is 15.0 Å². The third-order valence-corrected chi connectivity index (χ3v) is 4.09. The zero-order chi connectivity index (χ0) is 13.9. The van der Waals surface area contributed by atoms with Crippen molar-refractivity contribution in [3.8, 4) is 0 Å². The van der Waals surface area contributed by atoms with Crippen molar-refractivity contribution in [1.29, 1.82) is 0 Å². The van der Waals surface area contributed by atoms with Crippen molar-refractivity contribution < 1.29 is 0 Å². The lowest BCUT2D eigenvalue weighted by atomic mass is 10.3. The van der Waals surface area contributed by atoms with Crippen LogP contribution in [0.4, 0.5) is 5.82 Å². The van der Waals surface area contributed by atoms with Crippen LogP contribution in [0.15, 0.2) is 17.2 Å². The molecule has 0 spiro atoms. The number of fused-ring (bicyclic) bond motifs is 1. The Morgan fingerprint density at radius 3 is 2.90 bits per heavy atom. The van der Waals surface area contributed by atoms with Crippen LogP contribution in [0.1, 0.15) is 5.82 Å². The maximum absolute atomic E-state index is 6.00. The first-order valence-corrected chi connectivity index (χ1v) is 7.88. The third-order valence-electron chi connectivity index (χ3n) is 3.39. The molecule has 3 rings (SSSR count). The van der Waals surface area contributed by atoms with Gasteiger partial charge in [-0.05, 0) is 12.3 Å². The summed E-state index contributed by atoms with van der Waals surface area (Å²) < 4.78 is 0. The molecule has 1 saturated heterocycles. The molecule has 0 saturated carbocycles. The standard InChI is InChI=1S/C13H18N6S/c1-20-9-6-10-12(16-7-9)13(14)18-11(17-10)8-19-4-2-15-3-5-19/h6-7,15H,2-5,8H2,1H3,(H2,14,17,18). The molecule has 0 bridgehead atoms. The molecule has 3 heterocycles. The highest BCUT2D eigenvalue weighted by atomic mass is 32.2. The van der Waals surface area contributed by atoms with E-state index in [1.165, 1.54) is 0 Å². The molecule has 1 aliphatic heterocycles. The van der Waals surface area contributed by atoms with E-state index in [-0.39, 0.29) is 0 Å². The zero-order valence-electron chi connectivity index (χ0n) is 11.5. The molecule has 0 radical (unpaired) electrons. The first-order chi connectivity index (χ1) is 9.76. The van der Waals surface area contributed by atoms with Crippen LogP contribution < -0.4 is 11.1 Å². The molecule has 3 N–H and O–H groups in total. The average molecular weight is 290 g/mol. The van der Waals surface area contributed by atoms with Crippen LogP contribution in [0.3, 0.4) is 0 Å². The van der Waals surface area contributed by atoms with E-state index in [1.54, 1.807) is 11.8 Å². The number of nitrogen functional groups attached to an aromatic ring is 1. The summed E-state index contributed by atoms with van der Waals surface area (Å²) in [5, 5.41) is 3.34. The van der Waals surface area contributed by atoms with Crippen molar-refractivity contribution in [3.63, 3.8) is 0 Å². The second kappa shape index (κ2) is 5.90. The minimum absolute atomic E-state index is 0.466. The van der Waals surface area contributed by atoms with Gasteiger partial charge in [-0.15, -0.1) is 11.8 Å². The number of piperazine rings is 1. The minimum atomic E-state index is 0.466. The van der Waals surface area contributed by atoms with Gasteiger partial charge < -0.3 is 11.1 Å². The van der Waals surface area contributed by atoms with Gasteiger partial charge in [-0.2, -0.15) is 0 Å². The third kappa shape index (κ3) is 2.84. The Labute approximate surface area is 122 Å². The van der Waals surface area contributed by atoms with Crippen molar-refractivity contribution in [1.82, 2.24) is 25.2 Å². The SMILES string of the molecule is CSc1cnc2c(N)nc(CN3CCNCC3)nc2c1. The number of hydrogen-bond donors (Lipinski definition) is 2. The highest BCUT2D eigenvalue weighted by molar-refractivity contribution is 7.98. The molecule has 6 nitrogen and oxygen atoms in total. The smallest absolute Gasteiger partial charge is 0.153 e. The highest BCUT2D eigenvalue weighted by Crippen LogP contribution is 2.21. The zero-order valence-corrected chi connectivity index (χ0v) is 12.3. The van der Waals surface area contributed by atoms with E-state index in [4.69, 9.17) is 5.73 Å². The molecule has 0 unspecified atom stereocenters. The van der Waals surface area contributed by atoms with Gasteiger partial charge in [0, 0.05) is 37.3 Å². The van der Waals surface area contributed by atoms with Crippen molar-refractivity contribution in [2.24, 2.45) is 0 Å². The summed E-state index contributed by atoms with van der Waals surface area (Å²) in [5.41, 5.74) is 7.52. The van der Waals surface area contributed by atoms with Gasteiger partial charge in [0.2, 0.25) is 0 Å². The van der Waals surface area contributed by atoms with E-state index in [2.05, 4.69) is 25.2 Å². The number of aromatic nitrogens is 3. The summed E-state index contributed by atoms with van der Waals surface area (Å²) in [6.45, 7) is 4.81. The lowest BCUT2D eigenvalue weighted by molar-refractivity contribution is 0.228. The Morgan fingerprint density at radius 2 is 2.15 bits per heavy atom. The topological polar surface area (TPSA) is 80.0 Å². The second-order valence-electron chi connectivity index (χ2n) is 4.79. The monoisotopic (exact) mass is 290 g/mol. The number of pyridine rings is 1. The summed E-state index contributed by atoms with van der Waals surface area (Å²) in [6, 6.07) is 2.02. The van der Waals surface area contributed by atoms with E-state index in [0.29, 0.717) is 11.3 Å². The molecule has 20 heavy (non-hydrogen) atoms. The molecule has 2 aromatic rings. The fourth-order valence-electron chi connectivity index (χ4n) is 2.32. The predicted octanol–water partition coefficient (Wildman–Crippen LogP) is 0.734. The van der Waals surface area contributed by atoms with Crippen LogP contribution in [0.2, 0.25) is 0 Å². The fourth-order valence-corrected chi connectivity index (χ4v) is 2.71. The van der Waals surface area contributed by atoms with Gasteiger partial charge in [-0.3, -0.25) is 4.90 Å². The molecule has 1 fully saturated rings. The summed E-state index contributed by atoms with van der Waals surface area (Å²) >= 11 is 1.65. The Morgan fingerprint density at radius 1 is 1.35 bits per heavy atom. The van der Waals surface area contributed by atoms with Crippen LogP contribution in [0.25, 0.3) is 11.0 Å².